The number of ether oxygens (including phenoxy) is 2. The van der Waals surface area contributed by atoms with Crippen LogP contribution in [0.25, 0.3) is 0 Å². The summed E-state index contributed by atoms with van der Waals surface area (Å²) >= 11 is 0. The highest BCUT2D eigenvalue weighted by atomic mass is 16.7. The lowest BCUT2D eigenvalue weighted by Crippen LogP contribution is -2.27. The fraction of sp³-hybridized carbons (Fsp3) is 0.889. The third-order valence-corrected chi connectivity index (χ3v) is 5.28. The highest BCUT2D eigenvalue weighted by molar-refractivity contribution is 5.13. The Morgan fingerprint density at radius 3 is 2.70 bits per heavy atom. The molecule has 2 aliphatic carbocycles. The number of rotatable bonds is 7. The van der Waals surface area contributed by atoms with Crippen molar-refractivity contribution >= 4 is 0 Å². The molecule has 0 radical (unpaired) electrons. The van der Waals surface area contributed by atoms with E-state index in [1.807, 2.05) is 0 Å². The molecule has 2 heteroatoms. The first-order valence-corrected chi connectivity index (χ1v) is 8.82. The minimum Gasteiger partial charge on any atom is -0.353 e. The molecule has 3 atom stereocenters. The molecule has 1 aliphatic heterocycles. The zero-order chi connectivity index (χ0) is 13.8. The number of hydrogen-bond acceptors (Lipinski definition) is 2. The molecule has 1 saturated heterocycles. The van der Waals surface area contributed by atoms with Gasteiger partial charge in [0, 0.05) is 6.61 Å². The van der Waals surface area contributed by atoms with Crippen LogP contribution in [0.4, 0.5) is 0 Å². The van der Waals surface area contributed by atoms with Gasteiger partial charge in [0.25, 0.3) is 0 Å². The predicted molar refractivity (Wildman–Crippen MR) is 81.5 cm³/mol. The summed E-state index contributed by atoms with van der Waals surface area (Å²) in [6, 6.07) is 0. The Bertz CT molecular complexity index is 307. The van der Waals surface area contributed by atoms with Gasteiger partial charge >= 0.3 is 0 Å². The second-order valence-corrected chi connectivity index (χ2v) is 6.85. The van der Waals surface area contributed by atoms with Gasteiger partial charge in [-0.15, -0.1) is 0 Å². The zero-order valence-electron chi connectivity index (χ0n) is 12.9. The topological polar surface area (TPSA) is 18.5 Å². The van der Waals surface area contributed by atoms with Crippen molar-refractivity contribution in [2.45, 2.75) is 77.1 Å². The summed E-state index contributed by atoms with van der Waals surface area (Å²) in [5, 5.41) is 0. The second kappa shape index (κ2) is 7.09. The molecule has 3 unspecified atom stereocenters. The van der Waals surface area contributed by atoms with Gasteiger partial charge in [-0.1, -0.05) is 31.9 Å². The summed E-state index contributed by atoms with van der Waals surface area (Å²) in [6.07, 6.45) is 17.0. The standard InChI is InChI=1S/C18H30O2/c1-2-3-4-5-6-9-15-16-12-14(13-17(15)16)20-18-10-7-8-11-19-18/h6,9,14-18H,2-5,7-8,10-13H2,1H3. The first-order chi connectivity index (χ1) is 9.88. The van der Waals surface area contributed by atoms with Crippen LogP contribution >= 0.6 is 0 Å². The van der Waals surface area contributed by atoms with E-state index in [-0.39, 0.29) is 6.29 Å². The number of hydrogen-bond donors (Lipinski definition) is 0. The van der Waals surface area contributed by atoms with Crippen molar-refractivity contribution < 1.29 is 9.47 Å². The normalized spacial score (nSPS) is 40.1. The molecule has 0 bridgehead atoms. The van der Waals surface area contributed by atoms with Gasteiger partial charge in [-0.2, -0.15) is 0 Å². The summed E-state index contributed by atoms with van der Waals surface area (Å²) in [4.78, 5) is 0. The van der Waals surface area contributed by atoms with Crippen molar-refractivity contribution in [3.05, 3.63) is 12.2 Å². The molecule has 0 aromatic heterocycles. The quantitative estimate of drug-likeness (QED) is 0.497. The second-order valence-electron chi connectivity index (χ2n) is 6.85. The predicted octanol–water partition coefficient (Wildman–Crippen LogP) is 4.69. The molecule has 0 N–H and O–H groups in total. The van der Waals surface area contributed by atoms with Crippen molar-refractivity contribution in [3.8, 4) is 0 Å². The van der Waals surface area contributed by atoms with Gasteiger partial charge in [0.05, 0.1) is 6.10 Å². The number of unbranched alkanes of at least 4 members (excludes halogenated alkanes) is 3. The van der Waals surface area contributed by atoms with Crippen molar-refractivity contribution in [1.82, 2.24) is 0 Å². The van der Waals surface area contributed by atoms with E-state index < -0.39 is 0 Å². The Balaban J connectivity index is 1.31. The average Bonchev–Trinajstić information content (AvgIpc) is 2.93. The van der Waals surface area contributed by atoms with Crippen LogP contribution in [0.2, 0.25) is 0 Å². The molecular formula is C18H30O2. The van der Waals surface area contributed by atoms with Crippen LogP contribution in [-0.4, -0.2) is 19.0 Å². The van der Waals surface area contributed by atoms with E-state index in [2.05, 4.69) is 19.1 Å². The monoisotopic (exact) mass is 278 g/mol. The lowest BCUT2D eigenvalue weighted by Gasteiger charge is -2.26. The molecule has 0 aromatic carbocycles. The Morgan fingerprint density at radius 1 is 1.15 bits per heavy atom. The van der Waals surface area contributed by atoms with Crippen LogP contribution < -0.4 is 0 Å². The number of allylic oxidation sites excluding steroid dienone is 2. The van der Waals surface area contributed by atoms with E-state index in [1.54, 1.807) is 0 Å². The lowest BCUT2D eigenvalue weighted by molar-refractivity contribution is -0.188. The largest absolute Gasteiger partial charge is 0.353 e. The Hall–Kier alpha value is -0.340. The van der Waals surface area contributed by atoms with Crippen LogP contribution in [0.15, 0.2) is 12.2 Å². The van der Waals surface area contributed by atoms with E-state index >= 15 is 0 Å². The molecule has 0 amide bonds. The van der Waals surface area contributed by atoms with E-state index in [0.717, 1.165) is 30.8 Å². The minimum absolute atomic E-state index is 0.106. The summed E-state index contributed by atoms with van der Waals surface area (Å²) in [5.41, 5.74) is 0. The van der Waals surface area contributed by atoms with Gasteiger partial charge in [0.1, 0.15) is 0 Å². The van der Waals surface area contributed by atoms with Crippen LogP contribution in [0.3, 0.4) is 0 Å². The average molecular weight is 278 g/mol. The van der Waals surface area contributed by atoms with Gasteiger partial charge in [0.2, 0.25) is 0 Å². The van der Waals surface area contributed by atoms with Crippen LogP contribution in [0.1, 0.15) is 64.7 Å². The van der Waals surface area contributed by atoms with E-state index in [4.69, 9.17) is 9.47 Å². The molecule has 3 fully saturated rings. The van der Waals surface area contributed by atoms with Crippen LogP contribution in [-0.2, 0) is 9.47 Å². The Labute approximate surface area is 123 Å². The molecule has 20 heavy (non-hydrogen) atoms. The molecule has 1 heterocycles. The van der Waals surface area contributed by atoms with Crippen molar-refractivity contribution in [1.29, 1.82) is 0 Å². The third-order valence-electron chi connectivity index (χ3n) is 5.28. The molecule has 3 rings (SSSR count). The Morgan fingerprint density at radius 2 is 2.00 bits per heavy atom. The maximum atomic E-state index is 6.11. The van der Waals surface area contributed by atoms with E-state index in [0.29, 0.717) is 6.10 Å². The molecule has 2 nitrogen and oxygen atoms in total. The molecule has 0 spiro atoms. The lowest BCUT2D eigenvalue weighted by atomic mass is 10.1. The molecular weight excluding hydrogens is 248 g/mol. The highest BCUT2D eigenvalue weighted by Crippen LogP contribution is 2.59. The molecule has 3 aliphatic rings. The zero-order valence-corrected chi connectivity index (χ0v) is 12.9. The summed E-state index contributed by atoms with van der Waals surface area (Å²) < 4.78 is 11.8. The summed E-state index contributed by atoms with van der Waals surface area (Å²) in [5.74, 6) is 2.72. The molecule has 114 valence electrons. The fourth-order valence-electron chi connectivity index (χ4n) is 4.04. The van der Waals surface area contributed by atoms with Crippen molar-refractivity contribution in [2.75, 3.05) is 6.61 Å². The molecule has 0 aromatic rings. The minimum atomic E-state index is 0.106. The molecule has 2 saturated carbocycles. The van der Waals surface area contributed by atoms with Gasteiger partial charge in [-0.3, -0.25) is 0 Å². The highest BCUT2D eigenvalue weighted by Gasteiger charge is 2.55. The summed E-state index contributed by atoms with van der Waals surface area (Å²) in [7, 11) is 0. The SMILES string of the molecule is CCCCCC=CC1C2CC(OC3CCCCO3)CC12. The van der Waals surface area contributed by atoms with Gasteiger partial charge in [-0.25, -0.2) is 0 Å². The smallest absolute Gasteiger partial charge is 0.157 e. The summed E-state index contributed by atoms with van der Waals surface area (Å²) in [6.45, 7) is 3.17. The first-order valence-electron chi connectivity index (χ1n) is 8.82. The maximum absolute atomic E-state index is 6.11. The van der Waals surface area contributed by atoms with Gasteiger partial charge in [0.15, 0.2) is 6.29 Å². The van der Waals surface area contributed by atoms with Gasteiger partial charge in [-0.05, 0) is 62.7 Å². The van der Waals surface area contributed by atoms with E-state index in [1.165, 1.54) is 51.4 Å². The maximum Gasteiger partial charge on any atom is 0.157 e. The Kier molecular flexibility index (Phi) is 5.17. The van der Waals surface area contributed by atoms with E-state index in [9.17, 15) is 0 Å². The van der Waals surface area contributed by atoms with Crippen LogP contribution in [0.5, 0.6) is 0 Å². The van der Waals surface area contributed by atoms with Crippen molar-refractivity contribution in [2.24, 2.45) is 17.8 Å². The number of fused-ring (bicyclic) bond motifs is 1. The first kappa shape index (κ1) is 14.6. The third kappa shape index (κ3) is 3.65. The van der Waals surface area contributed by atoms with Gasteiger partial charge < -0.3 is 9.47 Å². The van der Waals surface area contributed by atoms with Crippen molar-refractivity contribution in [3.63, 3.8) is 0 Å². The van der Waals surface area contributed by atoms with Crippen LogP contribution in [0, 0.1) is 17.8 Å². The fourth-order valence-corrected chi connectivity index (χ4v) is 4.04.